The molecule has 0 spiro atoms. The first-order valence-corrected chi connectivity index (χ1v) is 8.29. The Hall–Kier alpha value is -1.52. The van der Waals surface area contributed by atoms with Crippen LogP contribution in [0.15, 0.2) is 30.3 Å². The molecule has 0 radical (unpaired) electrons. The highest BCUT2D eigenvalue weighted by Crippen LogP contribution is 2.40. The van der Waals surface area contributed by atoms with Crippen molar-refractivity contribution < 1.29 is 4.79 Å². The molecule has 1 aromatic carbocycles. The molecule has 3 rings (SSSR count). The number of carbonyl (C=O) groups is 1. The maximum absolute atomic E-state index is 11.7. The maximum Gasteiger partial charge on any atom is 0.251 e. The van der Waals surface area contributed by atoms with Crippen molar-refractivity contribution in [1.29, 1.82) is 0 Å². The number of nitrogens with one attached hydrogen (secondary N) is 2. The van der Waals surface area contributed by atoms with Crippen molar-refractivity contribution in [2.75, 3.05) is 11.9 Å². The number of anilines is 1. The van der Waals surface area contributed by atoms with Gasteiger partial charge in [0.05, 0.1) is 10.4 Å². The van der Waals surface area contributed by atoms with Crippen LogP contribution < -0.4 is 10.6 Å². The Bertz CT molecular complexity index is 651. The van der Waals surface area contributed by atoms with Crippen molar-refractivity contribution in [1.82, 2.24) is 5.32 Å². The van der Waals surface area contributed by atoms with Crippen molar-refractivity contribution in [3.05, 3.63) is 50.7 Å². The predicted octanol–water partition coefficient (Wildman–Crippen LogP) is 4.25. The van der Waals surface area contributed by atoms with E-state index in [1.54, 1.807) is 11.3 Å². The van der Waals surface area contributed by atoms with E-state index < -0.39 is 0 Å². The number of hydrogen-bond donors (Lipinski definition) is 2. The van der Waals surface area contributed by atoms with Gasteiger partial charge in [-0.05, 0) is 55.7 Å². The monoisotopic (exact) mass is 320 g/mol. The van der Waals surface area contributed by atoms with Gasteiger partial charge in [0, 0.05) is 22.7 Å². The van der Waals surface area contributed by atoms with E-state index in [-0.39, 0.29) is 5.91 Å². The molecule has 1 atom stereocenters. The molecule has 5 heteroatoms. The smallest absolute Gasteiger partial charge is 0.251 e. The van der Waals surface area contributed by atoms with Crippen LogP contribution in [0, 0.1) is 0 Å². The van der Waals surface area contributed by atoms with Crippen LogP contribution >= 0.6 is 22.9 Å². The molecule has 3 nitrogen and oxygen atoms in total. The van der Waals surface area contributed by atoms with Crippen LogP contribution in [0.3, 0.4) is 0 Å². The average molecular weight is 321 g/mol. The van der Waals surface area contributed by atoms with Gasteiger partial charge >= 0.3 is 0 Å². The largest absolute Gasteiger partial charge is 0.378 e. The third-order valence-electron chi connectivity index (χ3n) is 3.67. The van der Waals surface area contributed by atoms with Gasteiger partial charge in [-0.2, -0.15) is 0 Å². The quantitative estimate of drug-likeness (QED) is 0.884. The van der Waals surface area contributed by atoms with Gasteiger partial charge in [0.2, 0.25) is 0 Å². The summed E-state index contributed by atoms with van der Waals surface area (Å²) < 4.78 is 0.859. The Balaban J connectivity index is 1.70. The van der Waals surface area contributed by atoms with Crippen LogP contribution in [-0.2, 0) is 6.42 Å². The van der Waals surface area contributed by atoms with Gasteiger partial charge in [-0.3, -0.25) is 4.79 Å². The summed E-state index contributed by atoms with van der Waals surface area (Å²) >= 11 is 7.75. The number of aryl methyl sites for hydroxylation is 1. The zero-order valence-corrected chi connectivity index (χ0v) is 13.4. The number of thiophene rings is 1. The van der Waals surface area contributed by atoms with Crippen molar-refractivity contribution in [2.45, 2.75) is 25.8 Å². The molecule has 0 saturated carbocycles. The Labute approximate surface area is 133 Å². The van der Waals surface area contributed by atoms with Gasteiger partial charge in [0.15, 0.2) is 0 Å². The molecule has 1 heterocycles. The van der Waals surface area contributed by atoms with E-state index >= 15 is 0 Å². The fourth-order valence-corrected chi connectivity index (χ4v) is 4.02. The van der Waals surface area contributed by atoms with Crippen molar-refractivity contribution >= 4 is 34.5 Å². The molecule has 1 aromatic heterocycles. The fraction of sp³-hybridized carbons (Fsp3) is 0.312. The lowest BCUT2D eigenvalue weighted by atomic mass is 10.1. The Morgan fingerprint density at radius 3 is 2.86 bits per heavy atom. The number of halogens is 1. The van der Waals surface area contributed by atoms with Gasteiger partial charge in [-0.1, -0.05) is 11.6 Å². The van der Waals surface area contributed by atoms with Crippen LogP contribution in [0.2, 0.25) is 4.34 Å². The molecule has 0 bridgehead atoms. The minimum atomic E-state index is -0.0307. The molecule has 1 aliphatic carbocycles. The van der Waals surface area contributed by atoms with Crippen LogP contribution in [0.25, 0.3) is 0 Å². The summed E-state index contributed by atoms with van der Waals surface area (Å²) in [6.45, 7) is 2.56. The predicted molar refractivity (Wildman–Crippen MR) is 88.5 cm³/mol. The van der Waals surface area contributed by atoms with Gasteiger partial charge in [-0.25, -0.2) is 0 Å². The standard InChI is InChI=1S/C16H17ClN2OS/c1-2-18-16(20)10-3-5-11(6-4-10)19-13-7-8-14-12(13)9-15(17)21-14/h3-6,9,13,19H,2,7-8H2,1H3,(H,18,20). The maximum atomic E-state index is 11.7. The second-order valence-corrected chi connectivity index (χ2v) is 6.87. The van der Waals surface area contributed by atoms with Gasteiger partial charge in [0.1, 0.15) is 0 Å². The zero-order valence-electron chi connectivity index (χ0n) is 11.8. The zero-order chi connectivity index (χ0) is 14.8. The SMILES string of the molecule is CCNC(=O)c1ccc(NC2CCc3sc(Cl)cc32)cc1. The fourth-order valence-electron chi connectivity index (χ4n) is 2.66. The summed E-state index contributed by atoms with van der Waals surface area (Å²) in [6.07, 6.45) is 2.18. The van der Waals surface area contributed by atoms with Crippen LogP contribution in [0.4, 0.5) is 5.69 Å². The molecule has 0 saturated heterocycles. The summed E-state index contributed by atoms with van der Waals surface area (Å²) in [6, 6.07) is 10.00. The molecule has 1 amide bonds. The highest BCUT2D eigenvalue weighted by atomic mass is 35.5. The molecule has 0 aliphatic heterocycles. The Morgan fingerprint density at radius 1 is 1.38 bits per heavy atom. The van der Waals surface area contributed by atoms with E-state index in [9.17, 15) is 4.79 Å². The lowest BCUT2D eigenvalue weighted by Crippen LogP contribution is -2.22. The van der Waals surface area contributed by atoms with E-state index in [1.807, 2.05) is 31.2 Å². The van der Waals surface area contributed by atoms with Gasteiger partial charge in [-0.15, -0.1) is 11.3 Å². The third kappa shape index (κ3) is 3.06. The molecular weight excluding hydrogens is 304 g/mol. The number of amides is 1. The lowest BCUT2D eigenvalue weighted by Gasteiger charge is -2.14. The lowest BCUT2D eigenvalue weighted by molar-refractivity contribution is 0.0956. The average Bonchev–Trinajstić information content (AvgIpc) is 3.00. The Morgan fingerprint density at radius 2 is 2.14 bits per heavy atom. The Kier molecular flexibility index (Phi) is 4.17. The second-order valence-electron chi connectivity index (χ2n) is 5.10. The summed E-state index contributed by atoms with van der Waals surface area (Å²) in [5, 5.41) is 6.32. The highest BCUT2D eigenvalue weighted by Gasteiger charge is 2.24. The molecule has 21 heavy (non-hydrogen) atoms. The molecular formula is C16H17ClN2OS. The summed E-state index contributed by atoms with van der Waals surface area (Å²) in [7, 11) is 0. The number of carbonyl (C=O) groups excluding carboxylic acids is 1. The normalized spacial score (nSPS) is 16.6. The van der Waals surface area contributed by atoms with E-state index in [0.717, 1.165) is 22.9 Å². The van der Waals surface area contributed by atoms with Crippen molar-refractivity contribution in [3.8, 4) is 0 Å². The number of rotatable bonds is 4. The minimum absolute atomic E-state index is 0.0307. The third-order valence-corrected chi connectivity index (χ3v) is 5.01. The van der Waals surface area contributed by atoms with Crippen molar-refractivity contribution in [3.63, 3.8) is 0 Å². The number of fused-ring (bicyclic) bond motifs is 1. The van der Waals surface area contributed by atoms with E-state index in [1.165, 1.54) is 10.4 Å². The van der Waals surface area contributed by atoms with Gasteiger partial charge < -0.3 is 10.6 Å². The van der Waals surface area contributed by atoms with Gasteiger partial charge in [0.25, 0.3) is 5.91 Å². The summed E-state index contributed by atoms with van der Waals surface area (Å²) in [4.78, 5) is 13.1. The first-order valence-electron chi connectivity index (χ1n) is 7.10. The molecule has 1 aliphatic rings. The molecule has 1 unspecified atom stereocenters. The second kappa shape index (κ2) is 6.08. The molecule has 0 fully saturated rings. The van der Waals surface area contributed by atoms with Crippen LogP contribution in [-0.4, -0.2) is 12.5 Å². The van der Waals surface area contributed by atoms with E-state index in [2.05, 4.69) is 16.7 Å². The van der Waals surface area contributed by atoms with Crippen molar-refractivity contribution in [2.24, 2.45) is 0 Å². The molecule has 2 N–H and O–H groups in total. The summed E-state index contributed by atoms with van der Waals surface area (Å²) in [5.41, 5.74) is 3.04. The molecule has 2 aromatic rings. The number of hydrogen-bond acceptors (Lipinski definition) is 3. The molecule has 110 valence electrons. The van der Waals surface area contributed by atoms with E-state index in [4.69, 9.17) is 11.6 Å². The highest BCUT2D eigenvalue weighted by molar-refractivity contribution is 7.16. The van der Waals surface area contributed by atoms with Crippen LogP contribution in [0.1, 0.15) is 40.2 Å². The van der Waals surface area contributed by atoms with E-state index in [0.29, 0.717) is 18.2 Å². The first kappa shape index (κ1) is 14.4. The minimum Gasteiger partial charge on any atom is -0.378 e. The summed E-state index contributed by atoms with van der Waals surface area (Å²) in [5.74, 6) is -0.0307. The first-order chi connectivity index (χ1) is 10.2. The van der Waals surface area contributed by atoms with Crippen LogP contribution in [0.5, 0.6) is 0 Å². The topological polar surface area (TPSA) is 41.1 Å². The number of benzene rings is 1.